The predicted octanol–water partition coefficient (Wildman–Crippen LogP) is 3.43. The first-order chi connectivity index (χ1) is 9.22. The number of carbonyl (C=O) groups excluding carboxylic acids is 1. The monoisotopic (exact) mass is 254 g/mol. The summed E-state index contributed by atoms with van der Waals surface area (Å²) in [7, 11) is 0. The Kier molecular flexibility index (Phi) is 3.98. The fourth-order valence-electron chi connectivity index (χ4n) is 1.63. The van der Waals surface area contributed by atoms with E-state index in [4.69, 9.17) is 4.74 Å². The third-order valence-corrected chi connectivity index (χ3v) is 2.75. The first-order valence-electron chi connectivity index (χ1n) is 5.85. The third kappa shape index (κ3) is 3.22. The molecule has 0 fully saturated rings. The molecule has 2 rings (SSSR count). The van der Waals surface area contributed by atoms with Gasteiger partial charge in [-0.1, -0.05) is 36.9 Å². The van der Waals surface area contributed by atoms with E-state index in [-0.39, 0.29) is 11.3 Å². The average Bonchev–Trinajstić information content (AvgIpc) is 2.46. The minimum atomic E-state index is -0.0745. The summed E-state index contributed by atoms with van der Waals surface area (Å²) < 4.78 is 5.54. The molecule has 0 unspecified atom stereocenters. The van der Waals surface area contributed by atoms with Crippen LogP contribution in [-0.4, -0.2) is 11.4 Å². The predicted molar refractivity (Wildman–Crippen MR) is 74.4 cm³/mol. The van der Waals surface area contributed by atoms with Crippen LogP contribution in [0.3, 0.4) is 0 Å². The second kappa shape index (κ2) is 5.87. The molecule has 3 heteroatoms. The second-order valence-electron chi connectivity index (χ2n) is 4.07. The molecule has 0 bridgehead atoms. The molecule has 0 aliphatic carbocycles. The Morgan fingerprint density at radius 3 is 2.47 bits per heavy atom. The van der Waals surface area contributed by atoms with Crippen LogP contribution in [0.5, 0.6) is 11.5 Å². The number of hydrogen-bond donors (Lipinski definition) is 1. The lowest BCUT2D eigenvalue weighted by Gasteiger charge is -2.07. The van der Waals surface area contributed by atoms with Crippen molar-refractivity contribution in [3.05, 3.63) is 65.7 Å². The van der Waals surface area contributed by atoms with E-state index in [0.717, 1.165) is 11.1 Å². The lowest BCUT2D eigenvalue weighted by molar-refractivity contribution is 0.112. The first kappa shape index (κ1) is 12.9. The Labute approximate surface area is 111 Å². The number of rotatable bonds is 5. The lowest BCUT2D eigenvalue weighted by atomic mass is 10.1. The van der Waals surface area contributed by atoms with E-state index in [9.17, 15) is 9.90 Å². The van der Waals surface area contributed by atoms with Crippen molar-refractivity contribution in [2.75, 3.05) is 0 Å². The topological polar surface area (TPSA) is 46.5 Å². The largest absolute Gasteiger partial charge is 0.507 e. The van der Waals surface area contributed by atoms with Crippen LogP contribution in [0.4, 0.5) is 0 Å². The Balaban J connectivity index is 2.03. The molecule has 0 saturated heterocycles. The summed E-state index contributed by atoms with van der Waals surface area (Å²) in [4.78, 5) is 10.6. The van der Waals surface area contributed by atoms with E-state index in [0.29, 0.717) is 18.6 Å². The molecule has 2 aromatic carbocycles. The number of phenolic OH excluding ortho intramolecular Hbond substituents is 1. The molecular formula is C16H14O3. The summed E-state index contributed by atoms with van der Waals surface area (Å²) in [6, 6.07) is 12.4. The molecular weight excluding hydrogens is 240 g/mol. The molecule has 96 valence electrons. The molecule has 2 aromatic rings. The minimum Gasteiger partial charge on any atom is -0.507 e. The van der Waals surface area contributed by atoms with Gasteiger partial charge in [-0.25, -0.2) is 0 Å². The van der Waals surface area contributed by atoms with Gasteiger partial charge in [0.1, 0.15) is 18.1 Å². The van der Waals surface area contributed by atoms with Gasteiger partial charge in [-0.3, -0.25) is 4.79 Å². The average molecular weight is 254 g/mol. The van der Waals surface area contributed by atoms with Crippen molar-refractivity contribution in [3.63, 3.8) is 0 Å². The first-order valence-corrected chi connectivity index (χ1v) is 5.85. The standard InChI is InChI=1S/C16H14O3/c1-2-12-3-5-13(6-4-12)11-19-15-8-7-14(10-17)16(18)9-15/h2-10,18H,1,11H2. The molecule has 0 atom stereocenters. The van der Waals surface area contributed by atoms with E-state index in [1.165, 1.54) is 12.1 Å². The highest BCUT2D eigenvalue weighted by atomic mass is 16.5. The van der Waals surface area contributed by atoms with Gasteiger partial charge in [0.05, 0.1) is 5.56 Å². The highest BCUT2D eigenvalue weighted by molar-refractivity contribution is 5.79. The van der Waals surface area contributed by atoms with Crippen LogP contribution in [0.1, 0.15) is 21.5 Å². The molecule has 0 spiro atoms. The van der Waals surface area contributed by atoms with Crippen molar-refractivity contribution >= 4 is 12.4 Å². The molecule has 19 heavy (non-hydrogen) atoms. The number of aromatic hydroxyl groups is 1. The number of benzene rings is 2. The Hall–Kier alpha value is -2.55. The van der Waals surface area contributed by atoms with Gasteiger partial charge in [-0.15, -0.1) is 0 Å². The van der Waals surface area contributed by atoms with Crippen LogP contribution >= 0.6 is 0 Å². The molecule has 0 aromatic heterocycles. The number of aldehydes is 1. The molecule has 0 amide bonds. The fourth-order valence-corrected chi connectivity index (χ4v) is 1.63. The van der Waals surface area contributed by atoms with E-state index < -0.39 is 0 Å². The Bertz CT molecular complexity index is 585. The number of ether oxygens (including phenoxy) is 1. The van der Waals surface area contributed by atoms with Crippen LogP contribution < -0.4 is 4.74 Å². The summed E-state index contributed by atoms with van der Waals surface area (Å²) in [5.74, 6) is 0.449. The number of hydrogen-bond acceptors (Lipinski definition) is 3. The minimum absolute atomic E-state index is 0.0745. The molecule has 1 N–H and O–H groups in total. The molecule has 3 nitrogen and oxygen atoms in total. The van der Waals surface area contributed by atoms with Crippen molar-refractivity contribution in [1.29, 1.82) is 0 Å². The van der Waals surface area contributed by atoms with Crippen molar-refractivity contribution in [2.45, 2.75) is 6.61 Å². The van der Waals surface area contributed by atoms with Crippen molar-refractivity contribution in [2.24, 2.45) is 0 Å². The zero-order chi connectivity index (χ0) is 13.7. The van der Waals surface area contributed by atoms with Crippen molar-refractivity contribution in [1.82, 2.24) is 0 Å². The fraction of sp³-hybridized carbons (Fsp3) is 0.0625. The van der Waals surface area contributed by atoms with E-state index in [1.54, 1.807) is 12.1 Å². The van der Waals surface area contributed by atoms with Gasteiger partial charge >= 0.3 is 0 Å². The van der Waals surface area contributed by atoms with Crippen LogP contribution in [0.25, 0.3) is 6.08 Å². The normalized spacial score (nSPS) is 9.89. The highest BCUT2D eigenvalue weighted by Gasteiger charge is 2.02. The zero-order valence-electron chi connectivity index (χ0n) is 10.4. The van der Waals surface area contributed by atoms with Gasteiger partial charge in [0.15, 0.2) is 6.29 Å². The molecule has 0 aliphatic heterocycles. The maximum absolute atomic E-state index is 10.6. The second-order valence-corrected chi connectivity index (χ2v) is 4.07. The van der Waals surface area contributed by atoms with Gasteiger partial charge < -0.3 is 9.84 Å². The smallest absolute Gasteiger partial charge is 0.153 e. The summed E-state index contributed by atoms with van der Waals surface area (Å²) in [5.41, 5.74) is 2.32. The van der Waals surface area contributed by atoms with Crippen LogP contribution in [0.2, 0.25) is 0 Å². The molecule has 0 aliphatic rings. The SMILES string of the molecule is C=Cc1ccc(COc2ccc(C=O)c(O)c2)cc1. The van der Waals surface area contributed by atoms with Gasteiger partial charge in [0.2, 0.25) is 0 Å². The van der Waals surface area contributed by atoms with Gasteiger partial charge in [0, 0.05) is 6.07 Å². The van der Waals surface area contributed by atoms with Crippen molar-refractivity contribution in [3.8, 4) is 11.5 Å². The number of phenols is 1. The van der Waals surface area contributed by atoms with E-state index in [2.05, 4.69) is 6.58 Å². The lowest BCUT2D eigenvalue weighted by Crippen LogP contribution is -1.95. The van der Waals surface area contributed by atoms with E-state index >= 15 is 0 Å². The summed E-state index contributed by atoms with van der Waals surface area (Å²) in [5, 5.41) is 9.53. The maximum Gasteiger partial charge on any atom is 0.153 e. The summed E-state index contributed by atoms with van der Waals surface area (Å²) in [6.45, 7) is 4.09. The Morgan fingerprint density at radius 1 is 1.16 bits per heavy atom. The highest BCUT2D eigenvalue weighted by Crippen LogP contribution is 2.23. The zero-order valence-corrected chi connectivity index (χ0v) is 10.4. The van der Waals surface area contributed by atoms with Crippen molar-refractivity contribution < 1.29 is 14.6 Å². The summed E-state index contributed by atoms with van der Waals surface area (Å²) >= 11 is 0. The molecule has 0 heterocycles. The van der Waals surface area contributed by atoms with Gasteiger partial charge in [-0.05, 0) is 23.3 Å². The van der Waals surface area contributed by atoms with Gasteiger partial charge in [0.25, 0.3) is 0 Å². The molecule has 0 radical (unpaired) electrons. The van der Waals surface area contributed by atoms with Crippen LogP contribution in [0, 0.1) is 0 Å². The number of carbonyl (C=O) groups is 1. The van der Waals surface area contributed by atoms with Crippen LogP contribution in [0.15, 0.2) is 49.0 Å². The quantitative estimate of drug-likeness (QED) is 0.831. The maximum atomic E-state index is 10.6. The summed E-state index contributed by atoms with van der Waals surface area (Å²) in [6.07, 6.45) is 2.38. The van der Waals surface area contributed by atoms with E-state index in [1.807, 2.05) is 24.3 Å². The molecule has 0 saturated carbocycles. The van der Waals surface area contributed by atoms with Crippen LogP contribution in [-0.2, 0) is 6.61 Å². The Morgan fingerprint density at radius 2 is 1.89 bits per heavy atom. The van der Waals surface area contributed by atoms with Gasteiger partial charge in [-0.2, -0.15) is 0 Å². The third-order valence-electron chi connectivity index (χ3n) is 2.75.